The number of carbonyl (C=O) groups is 2. The lowest BCUT2D eigenvalue weighted by atomic mass is 10.2. The van der Waals surface area contributed by atoms with Crippen molar-refractivity contribution in [1.29, 1.82) is 0 Å². The van der Waals surface area contributed by atoms with Crippen molar-refractivity contribution in [2.75, 3.05) is 19.8 Å². The van der Waals surface area contributed by atoms with Gasteiger partial charge in [0.15, 0.2) is 0 Å². The lowest BCUT2D eigenvalue weighted by molar-refractivity contribution is -0.132. The highest BCUT2D eigenvalue weighted by atomic mass is 32.2. The number of hydrogen-bond donors (Lipinski definition) is 1. The number of nitrogens with one attached hydrogen (secondary N) is 1. The number of amides is 2. The number of rotatable bonds is 4. The fraction of sp³-hybridized carbons (Fsp3) is 0.818. The first-order chi connectivity index (χ1) is 7.56. The zero-order valence-corrected chi connectivity index (χ0v) is 11.0. The van der Waals surface area contributed by atoms with Crippen molar-refractivity contribution in [2.24, 2.45) is 0 Å². The molecule has 0 aliphatic heterocycles. The van der Waals surface area contributed by atoms with Crippen molar-refractivity contribution in [1.82, 2.24) is 10.2 Å². The molecule has 2 atom stereocenters. The van der Waals surface area contributed by atoms with Gasteiger partial charge >= 0.3 is 0 Å². The topological polar surface area (TPSA) is 49.4 Å². The van der Waals surface area contributed by atoms with E-state index in [4.69, 9.17) is 0 Å². The van der Waals surface area contributed by atoms with E-state index in [1.165, 1.54) is 19.8 Å². The van der Waals surface area contributed by atoms with Crippen LogP contribution in [0.3, 0.4) is 0 Å². The standard InChI is InChI=1S/C11H20N2O2S/c1-8(14)12-7-11(15)13(2)9-5-4-6-10(9)16-3/h9-10H,4-7H2,1-3H3,(H,12,14)/t9-,10-/m1/s1. The Labute approximate surface area is 101 Å². The first-order valence-electron chi connectivity index (χ1n) is 5.59. The third kappa shape index (κ3) is 3.40. The van der Waals surface area contributed by atoms with Crippen LogP contribution < -0.4 is 5.32 Å². The fourth-order valence-corrected chi connectivity index (χ4v) is 3.17. The minimum atomic E-state index is -0.158. The van der Waals surface area contributed by atoms with E-state index in [0.717, 1.165) is 6.42 Å². The Kier molecular flexibility index (Phi) is 5.12. The van der Waals surface area contributed by atoms with Crippen molar-refractivity contribution in [3.05, 3.63) is 0 Å². The number of thioether (sulfide) groups is 1. The molecule has 1 N–H and O–H groups in total. The van der Waals surface area contributed by atoms with Crippen LogP contribution in [0, 0.1) is 0 Å². The summed E-state index contributed by atoms with van der Waals surface area (Å²) in [5.41, 5.74) is 0. The monoisotopic (exact) mass is 244 g/mol. The summed E-state index contributed by atoms with van der Waals surface area (Å²) < 4.78 is 0. The molecule has 0 aromatic heterocycles. The molecule has 0 saturated heterocycles. The Morgan fingerprint density at radius 3 is 2.69 bits per heavy atom. The predicted octanol–water partition coefficient (Wildman–Crippen LogP) is 0.865. The Bertz CT molecular complexity index is 271. The predicted molar refractivity (Wildman–Crippen MR) is 66.4 cm³/mol. The maximum Gasteiger partial charge on any atom is 0.241 e. The second-order valence-corrected chi connectivity index (χ2v) is 5.26. The molecule has 0 bridgehead atoms. The normalized spacial score (nSPS) is 24.2. The van der Waals surface area contributed by atoms with Crippen LogP contribution >= 0.6 is 11.8 Å². The second-order valence-electron chi connectivity index (χ2n) is 4.19. The Hall–Kier alpha value is -0.710. The van der Waals surface area contributed by atoms with Gasteiger partial charge < -0.3 is 10.2 Å². The summed E-state index contributed by atoms with van der Waals surface area (Å²) in [6, 6.07) is 0.330. The molecule has 1 aliphatic carbocycles. The molecule has 1 fully saturated rings. The van der Waals surface area contributed by atoms with Crippen LogP contribution in [0.15, 0.2) is 0 Å². The fourth-order valence-electron chi connectivity index (χ4n) is 2.13. The molecule has 0 spiro atoms. The summed E-state index contributed by atoms with van der Waals surface area (Å²) in [5, 5.41) is 3.09. The molecule has 2 amide bonds. The van der Waals surface area contributed by atoms with Crippen molar-refractivity contribution < 1.29 is 9.59 Å². The first kappa shape index (κ1) is 13.4. The van der Waals surface area contributed by atoms with Crippen molar-refractivity contribution in [3.63, 3.8) is 0 Å². The van der Waals surface area contributed by atoms with Gasteiger partial charge in [-0.2, -0.15) is 11.8 Å². The zero-order valence-electron chi connectivity index (χ0n) is 10.2. The summed E-state index contributed by atoms with van der Waals surface area (Å²) in [5.74, 6) is -0.157. The highest BCUT2D eigenvalue weighted by Crippen LogP contribution is 2.31. The summed E-state index contributed by atoms with van der Waals surface area (Å²) in [4.78, 5) is 24.3. The molecule has 0 aromatic carbocycles. The number of nitrogens with zero attached hydrogens (tertiary/aromatic N) is 1. The van der Waals surface area contributed by atoms with E-state index in [2.05, 4.69) is 11.6 Å². The quantitative estimate of drug-likeness (QED) is 0.798. The zero-order chi connectivity index (χ0) is 12.1. The molecule has 16 heavy (non-hydrogen) atoms. The van der Waals surface area contributed by atoms with Gasteiger partial charge in [0, 0.05) is 25.3 Å². The maximum absolute atomic E-state index is 11.8. The van der Waals surface area contributed by atoms with Crippen LogP contribution in [0.5, 0.6) is 0 Å². The minimum absolute atomic E-state index is 0.00106. The van der Waals surface area contributed by atoms with Crippen molar-refractivity contribution >= 4 is 23.6 Å². The summed E-state index contributed by atoms with van der Waals surface area (Å²) in [6.07, 6.45) is 5.54. The third-order valence-electron chi connectivity index (χ3n) is 3.10. The Morgan fingerprint density at radius 1 is 1.44 bits per heavy atom. The van der Waals surface area contributed by atoms with E-state index in [-0.39, 0.29) is 18.4 Å². The molecule has 1 aliphatic rings. The molecule has 0 aromatic rings. The van der Waals surface area contributed by atoms with E-state index < -0.39 is 0 Å². The van der Waals surface area contributed by atoms with Gasteiger partial charge in [-0.3, -0.25) is 9.59 Å². The molecule has 1 rings (SSSR count). The highest BCUT2D eigenvalue weighted by molar-refractivity contribution is 7.99. The smallest absolute Gasteiger partial charge is 0.241 e. The summed E-state index contributed by atoms with van der Waals surface area (Å²) >= 11 is 1.83. The van der Waals surface area contributed by atoms with E-state index in [1.807, 2.05) is 18.8 Å². The Balaban J connectivity index is 2.46. The number of likely N-dealkylation sites (N-methyl/N-ethyl adjacent to an activating group) is 1. The minimum Gasteiger partial charge on any atom is -0.347 e. The van der Waals surface area contributed by atoms with E-state index in [0.29, 0.717) is 11.3 Å². The van der Waals surface area contributed by atoms with Gasteiger partial charge in [-0.15, -0.1) is 0 Å². The largest absolute Gasteiger partial charge is 0.347 e. The molecule has 4 nitrogen and oxygen atoms in total. The molecular weight excluding hydrogens is 224 g/mol. The van der Waals surface area contributed by atoms with Crippen LogP contribution in [0.4, 0.5) is 0 Å². The SMILES string of the molecule is CS[C@@H]1CCC[C@H]1N(C)C(=O)CNC(C)=O. The van der Waals surface area contributed by atoms with Gasteiger partial charge in [0.05, 0.1) is 6.54 Å². The van der Waals surface area contributed by atoms with E-state index >= 15 is 0 Å². The molecular formula is C11H20N2O2S. The molecule has 92 valence electrons. The first-order valence-corrected chi connectivity index (χ1v) is 6.88. The molecule has 0 radical (unpaired) electrons. The molecule has 5 heteroatoms. The summed E-state index contributed by atoms with van der Waals surface area (Å²) in [6.45, 7) is 1.54. The van der Waals surface area contributed by atoms with Crippen LogP contribution in [0.2, 0.25) is 0 Å². The van der Waals surface area contributed by atoms with Crippen molar-refractivity contribution in [3.8, 4) is 0 Å². The maximum atomic E-state index is 11.8. The highest BCUT2D eigenvalue weighted by Gasteiger charge is 2.31. The van der Waals surface area contributed by atoms with Gasteiger partial charge in [-0.05, 0) is 19.1 Å². The van der Waals surface area contributed by atoms with Crippen LogP contribution in [-0.2, 0) is 9.59 Å². The van der Waals surface area contributed by atoms with Gasteiger partial charge in [0.25, 0.3) is 0 Å². The number of carbonyl (C=O) groups excluding carboxylic acids is 2. The Morgan fingerprint density at radius 2 is 2.12 bits per heavy atom. The lowest BCUT2D eigenvalue weighted by Crippen LogP contribution is -2.45. The average Bonchev–Trinajstić information content (AvgIpc) is 2.72. The molecule has 0 heterocycles. The van der Waals surface area contributed by atoms with Gasteiger partial charge in [-0.25, -0.2) is 0 Å². The number of hydrogen-bond acceptors (Lipinski definition) is 3. The molecule has 0 unspecified atom stereocenters. The van der Waals surface area contributed by atoms with Gasteiger partial charge in [0.2, 0.25) is 11.8 Å². The van der Waals surface area contributed by atoms with Gasteiger partial charge in [0.1, 0.15) is 0 Å². The van der Waals surface area contributed by atoms with Crippen molar-refractivity contribution in [2.45, 2.75) is 37.5 Å². The van der Waals surface area contributed by atoms with E-state index in [9.17, 15) is 9.59 Å². The van der Waals surface area contributed by atoms with E-state index in [1.54, 1.807) is 4.90 Å². The molecule has 1 saturated carbocycles. The summed E-state index contributed by atoms with van der Waals surface area (Å²) in [7, 11) is 1.84. The van der Waals surface area contributed by atoms with Gasteiger partial charge in [-0.1, -0.05) is 6.42 Å². The second kappa shape index (κ2) is 6.13. The lowest BCUT2D eigenvalue weighted by Gasteiger charge is -2.29. The third-order valence-corrected chi connectivity index (χ3v) is 4.26. The van der Waals surface area contributed by atoms with Crippen LogP contribution in [0.25, 0.3) is 0 Å². The van der Waals surface area contributed by atoms with Crippen LogP contribution in [0.1, 0.15) is 26.2 Å². The average molecular weight is 244 g/mol. The van der Waals surface area contributed by atoms with Crippen LogP contribution in [-0.4, -0.2) is 47.9 Å².